The first-order valence-corrected chi connectivity index (χ1v) is 7.72. The fourth-order valence-electron chi connectivity index (χ4n) is 2.26. The minimum atomic E-state index is -0.227. The van der Waals surface area contributed by atoms with E-state index in [1.54, 1.807) is 7.05 Å². The van der Waals surface area contributed by atoms with Crippen molar-refractivity contribution in [3.8, 4) is 11.1 Å². The molecule has 0 aliphatic rings. The second-order valence-corrected chi connectivity index (χ2v) is 5.90. The number of likely N-dealkylation sites (N-methyl/N-ethyl adjacent to an activating group) is 1. The standard InChI is InChI=1S/C16H15N3O2S/c1-10-3-5-11(6-4-10)12-8-22-15-14(12)16(21)19(9-18-15)7-13(20)17-2/h3-6,8-9H,7H2,1-2H3,(H,17,20). The third kappa shape index (κ3) is 2.53. The van der Waals surface area contributed by atoms with E-state index in [9.17, 15) is 9.59 Å². The molecule has 1 amide bonds. The maximum absolute atomic E-state index is 12.7. The molecule has 0 aliphatic heterocycles. The van der Waals surface area contributed by atoms with Crippen molar-refractivity contribution in [1.29, 1.82) is 0 Å². The van der Waals surface area contributed by atoms with Gasteiger partial charge in [0.2, 0.25) is 5.91 Å². The zero-order chi connectivity index (χ0) is 15.7. The lowest BCUT2D eigenvalue weighted by atomic mass is 10.1. The Morgan fingerprint density at radius 3 is 2.73 bits per heavy atom. The predicted molar refractivity (Wildman–Crippen MR) is 88.1 cm³/mol. The van der Waals surface area contributed by atoms with Gasteiger partial charge in [-0.05, 0) is 12.5 Å². The highest BCUT2D eigenvalue weighted by Gasteiger charge is 2.14. The number of nitrogens with zero attached hydrogens (tertiary/aromatic N) is 2. The molecule has 2 aromatic heterocycles. The summed E-state index contributed by atoms with van der Waals surface area (Å²) >= 11 is 1.44. The van der Waals surface area contributed by atoms with E-state index in [1.165, 1.54) is 27.8 Å². The van der Waals surface area contributed by atoms with Gasteiger partial charge < -0.3 is 5.32 Å². The Balaban J connectivity index is 2.16. The third-order valence-corrected chi connectivity index (χ3v) is 4.40. The van der Waals surface area contributed by atoms with Gasteiger partial charge in [0, 0.05) is 18.0 Å². The van der Waals surface area contributed by atoms with E-state index in [0.29, 0.717) is 10.2 Å². The quantitative estimate of drug-likeness (QED) is 0.806. The molecular weight excluding hydrogens is 298 g/mol. The second-order valence-electron chi connectivity index (χ2n) is 5.05. The molecular formula is C16H15N3O2S. The van der Waals surface area contributed by atoms with E-state index in [2.05, 4.69) is 10.3 Å². The molecule has 0 radical (unpaired) electrons. The highest BCUT2D eigenvalue weighted by Crippen LogP contribution is 2.30. The van der Waals surface area contributed by atoms with E-state index in [-0.39, 0.29) is 18.0 Å². The molecule has 0 aliphatic carbocycles. The van der Waals surface area contributed by atoms with Gasteiger partial charge in [0.05, 0.1) is 11.7 Å². The van der Waals surface area contributed by atoms with Gasteiger partial charge in [0.1, 0.15) is 11.4 Å². The predicted octanol–water partition coefficient (Wildman–Crippen LogP) is 2.18. The average molecular weight is 313 g/mol. The summed E-state index contributed by atoms with van der Waals surface area (Å²) in [4.78, 5) is 29.1. The number of amides is 1. The molecule has 3 rings (SSSR count). The molecule has 0 atom stereocenters. The lowest BCUT2D eigenvalue weighted by Crippen LogP contribution is -2.30. The number of rotatable bonds is 3. The van der Waals surface area contributed by atoms with Crippen LogP contribution >= 0.6 is 11.3 Å². The summed E-state index contributed by atoms with van der Waals surface area (Å²) in [7, 11) is 1.54. The summed E-state index contributed by atoms with van der Waals surface area (Å²) in [6.45, 7) is 1.99. The number of thiophene rings is 1. The van der Waals surface area contributed by atoms with E-state index in [0.717, 1.165) is 11.1 Å². The maximum atomic E-state index is 12.7. The van der Waals surface area contributed by atoms with E-state index >= 15 is 0 Å². The van der Waals surface area contributed by atoms with Crippen molar-refractivity contribution >= 4 is 27.5 Å². The van der Waals surface area contributed by atoms with Gasteiger partial charge >= 0.3 is 0 Å². The number of benzene rings is 1. The van der Waals surface area contributed by atoms with E-state index in [1.807, 2.05) is 36.6 Å². The number of nitrogens with one attached hydrogen (secondary N) is 1. The Bertz CT molecular complexity index is 894. The molecule has 3 aromatic rings. The van der Waals surface area contributed by atoms with Crippen molar-refractivity contribution in [3.05, 3.63) is 51.9 Å². The van der Waals surface area contributed by atoms with Gasteiger partial charge in [-0.15, -0.1) is 11.3 Å². The summed E-state index contributed by atoms with van der Waals surface area (Å²) in [5, 5.41) is 5.02. The molecule has 0 saturated carbocycles. The molecule has 0 fully saturated rings. The van der Waals surface area contributed by atoms with E-state index in [4.69, 9.17) is 0 Å². The highest BCUT2D eigenvalue weighted by molar-refractivity contribution is 7.17. The van der Waals surface area contributed by atoms with Gasteiger partial charge in [-0.3, -0.25) is 14.2 Å². The number of hydrogen-bond acceptors (Lipinski definition) is 4. The molecule has 1 N–H and O–H groups in total. The largest absolute Gasteiger partial charge is 0.358 e. The van der Waals surface area contributed by atoms with Crippen molar-refractivity contribution in [2.75, 3.05) is 7.05 Å². The van der Waals surface area contributed by atoms with Crippen molar-refractivity contribution in [3.63, 3.8) is 0 Å². The topological polar surface area (TPSA) is 64.0 Å². The molecule has 5 nitrogen and oxygen atoms in total. The number of aryl methyl sites for hydroxylation is 1. The summed E-state index contributed by atoms with van der Waals surface area (Å²) < 4.78 is 1.34. The van der Waals surface area contributed by atoms with E-state index < -0.39 is 0 Å². The molecule has 1 aromatic carbocycles. The van der Waals surface area contributed by atoms with Crippen LogP contribution in [0.4, 0.5) is 0 Å². The van der Waals surface area contributed by atoms with Crippen LogP contribution in [-0.4, -0.2) is 22.5 Å². The van der Waals surface area contributed by atoms with Gasteiger partial charge in [-0.25, -0.2) is 4.98 Å². The first-order valence-electron chi connectivity index (χ1n) is 6.84. The molecule has 0 saturated heterocycles. The van der Waals surface area contributed by atoms with Crippen LogP contribution in [0.15, 0.2) is 40.8 Å². The van der Waals surface area contributed by atoms with Gasteiger partial charge in [0.25, 0.3) is 5.56 Å². The molecule has 0 bridgehead atoms. The van der Waals surface area contributed by atoms with Crippen molar-refractivity contribution in [2.24, 2.45) is 0 Å². The van der Waals surface area contributed by atoms with Crippen molar-refractivity contribution in [2.45, 2.75) is 13.5 Å². The van der Waals surface area contributed by atoms with Crippen LogP contribution in [0.3, 0.4) is 0 Å². The summed E-state index contributed by atoms with van der Waals surface area (Å²) in [6.07, 6.45) is 1.43. The summed E-state index contributed by atoms with van der Waals surface area (Å²) in [5.41, 5.74) is 2.82. The molecule has 112 valence electrons. The van der Waals surface area contributed by atoms with Gasteiger partial charge in [-0.1, -0.05) is 29.8 Å². The Morgan fingerprint density at radius 2 is 2.05 bits per heavy atom. The second kappa shape index (κ2) is 5.73. The van der Waals surface area contributed by atoms with Crippen LogP contribution < -0.4 is 10.9 Å². The summed E-state index contributed by atoms with van der Waals surface area (Å²) in [5.74, 6) is -0.227. The Morgan fingerprint density at radius 1 is 1.32 bits per heavy atom. The average Bonchev–Trinajstić information content (AvgIpc) is 2.95. The first kappa shape index (κ1) is 14.5. The Labute approximate surface area is 131 Å². The fraction of sp³-hybridized carbons (Fsp3) is 0.188. The number of carbonyl (C=O) groups is 1. The zero-order valence-corrected chi connectivity index (χ0v) is 13.1. The van der Waals surface area contributed by atoms with Crippen LogP contribution in [0.5, 0.6) is 0 Å². The number of hydrogen-bond donors (Lipinski definition) is 1. The maximum Gasteiger partial charge on any atom is 0.263 e. The lowest BCUT2D eigenvalue weighted by Gasteiger charge is -2.05. The van der Waals surface area contributed by atoms with Crippen LogP contribution in [0.2, 0.25) is 0 Å². The number of carbonyl (C=O) groups excluding carboxylic acids is 1. The smallest absolute Gasteiger partial charge is 0.263 e. The van der Waals surface area contributed by atoms with Gasteiger partial charge in [0.15, 0.2) is 0 Å². The van der Waals surface area contributed by atoms with Crippen molar-refractivity contribution in [1.82, 2.24) is 14.9 Å². The normalized spacial score (nSPS) is 10.8. The molecule has 0 unspecified atom stereocenters. The summed E-state index contributed by atoms with van der Waals surface area (Å²) in [6, 6.07) is 8.01. The first-order chi connectivity index (χ1) is 10.6. The fourth-order valence-corrected chi connectivity index (χ4v) is 3.17. The molecule has 22 heavy (non-hydrogen) atoms. The zero-order valence-electron chi connectivity index (χ0n) is 12.3. The van der Waals surface area contributed by atoms with Gasteiger partial charge in [-0.2, -0.15) is 0 Å². The minimum absolute atomic E-state index is 0.0263. The lowest BCUT2D eigenvalue weighted by molar-refractivity contribution is -0.121. The SMILES string of the molecule is CNC(=O)Cn1cnc2scc(-c3ccc(C)cc3)c2c1=O. The van der Waals surface area contributed by atoms with Crippen LogP contribution in [0, 0.1) is 6.92 Å². The Hall–Kier alpha value is -2.47. The molecule has 6 heteroatoms. The highest BCUT2D eigenvalue weighted by atomic mass is 32.1. The minimum Gasteiger partial charge on any atom is -0.358 e. The monoisotopic (exact) mass is 313 g/mol. The van der Waals surface area contributed by atoms with Crippen LogP contribution in [0.25, 0.3) is 21.3 Å². The Kier molecular flexibility index (Phi) is 3.77. The molecule has 0 spiro atoms. The number of fused-ring (bicyclic) bond motifs is 1. The van der Waals surface area contributed by atoms with Crippen molar-refractivity contribution < 1.29 is 4.79 Å². The van der Waals surface area contributed by atoms with Crippen LogP contribution in [-0.2, 0) is 11.3 Å². The number of aromatic nitrogens is 2. The molecule has 2 heterocycles. The van der Waals surface area contributed by atoms with Crippen LogP contribution in [0.1, 0.15) is 5.56 Å². The third-order valence-electron chi connectivity index (χ3n) is 3.52.